The molecule has 0 unspecified atom stereocenters. The summed E-state index contributed by atoms with van der Waals surface area (Å²) in [4.78, 5) is 60.8. The third-order valence-corrected chi connectivity index (χ3v) is 7.41. The Balaban J connectivity index is 1.45. The topological polar surface area (TPSA) is 167 Å². The molecule has 0 amide bonds. The van der Waals surface area contributed by atoms with E-state index in [4.69, 9.17) is 23.7 Å². The highest BCUT2D eigenvalue weighted by Crippen LogP contribution is 2.34. The van der Waals surface area contributed by atoms with Crippen LogP contribution in [0.15, 0.2) is 73.1 Å². The molecule has 14 heteroatoms. The van der Waals surface area contributed by atoms with Crippen molar-refractivity contribution in [2.75, 3.05) is 6.61 Å². The Labute approximate surface area is 275 Å². The molecule has 0 N–H and O–H groups in total. The Morgan fingerprint density at radius 1 is 0.792 bits per heavy atom. The summed E-state index contributed by atoms with van der Waals surface area (Å²) in [5.41, 5.74) is 2.77. The van der Waals surface area contributed by atoms with Crippen LogP contribution in [0.1, 0.15) is 55.5 Å². The van der Waals surface area contributed by atoms with Crippen LogP contribution in [0.4, 0.5) is 0 Å². The fourth-order valence-corrected chi connectivity index (χ4v) is 5.51. The summed E-state index contributed by atoms with van der Waals surface area (Å²) in [7, 11) is 0. The summed E-state index contributed by atoms with van der Waals surface area (Å²) >= 11 is 0. The van der Waals surface area contributed by atoms with Gasteiger partial charge in [0.2, 0.25) is 0 Å². The van der Waals surface area contributed by atoms with Gasteiger partial charge in [0.05, 0.1) is 12.7 Å². The largest absolute Gasteiger partial charge is 0.463 e. The molecule has 2 aromatic heterocycles. The highest BCUT2D eigenvalue weighted by atomic mass is 16.7. The van der Waals surface area contributed by atoms with Crippen LogP contribution in [0.5, 0.6) is 0 Å². The third kappa shape index (κ3) is 8.01. The first kappa shape index (κ1) is 33.7. The van der Waals surface area contributed by atoms with Crippen molar-refractivity contribution in [2.45, 2.75) is 64.9 Å². The van der Waals surface area contributed by atoms with Gasteiger partial charge >= 0.3 is 23.9 Å². The van der Waals surface area contributed by atoms with E-state index in [9.17, 15) is 24.0 Å². The van der Waals surface area contributed by atoms with Crippen LogP contribution in [0, 0.1) is 0 Å². The number of nitrogens with zero attached hydrogens (tertiary/aromatic N) is 4. The minimum absolute atomic E-state index is 0.125. The lowest BCUT2D eigenvalue weighted by molar-refractivity contribution is -0.270. The van der Waals surface area contributed by atoms with Crippen LogP contribution in [0.2, 0.25) is 0 Å². The maximum Gasteiger partial charge on any atom is 0.303 e. The zero-order valence-corrected chi connectivity index (χ0v) is 26.7. The Morgan fingerprint density at radius 2 is 1.44 bits per heavy atom. The molecule has 250 valence electrons. The molecule has 0 spiro atoms. The van der Waals surface area contributed by atoms with Gasteiger partial charge in [-0.2, -0.15) is 0 Å². The van der Waals surface area contributed by atoms with Gasteiger partial charge in [-0.1, -0.05) is 53.7 Å². The molecule has 5 rings (SSSR count). The van der Waals surface area contributed by atoms with Gasteiger partial charge in [0, 0.05) is 55.9 Å². The molecule has 0 bridgehead atoms. The molecule has 48 heavy (non-hydrogen) atoms. The number of hydrogen-bond donors (Lipinski definition) is 0. The molecular formula is C34H34N4O10. The molecule has 14 nitrogen and oxygen atoms in total. The first-order chi connectivity index (χ1) is 23.0. The van der Waals surface area contributed by atoms with Gasteiger partial charge in [-0.25, -0.2) is 4.68 Å². The molecule has 3 heterocycles. The Morgan fingerprint density at radius 3 is 2.12 bits per heavy atom. The molecule has 5 atom stereocenters. The van der Waals surface area contributed by atoms with Crippen molar-refractivity contribution in [3.63, 3.8) is 0 Å². The van der Waals surface area contributed by atoms with Crippen molar-refractivity contribution in [2.24, 2.45) is 0 Å². The van der Waals surface area contributed by atoms with Crippen LogP contribution in [-0.2, 0) is 49.4 Å². The molecule has 1 aliphatic heterocycles. The van der Waals surface area contributed by atoms with Gasteiger partial charge < -0.3 is 28.3 Å². The number of fused-ring (bicyclic) bond motifs is 1. The van der Waals surface area contributed by atoms with E-state index in [2.05, 4.69) is 10.3 Å². The zero-order chi connectivity index (χ0) is 34.4. The van der Waals surface area contributed by atoms with Crippen molar-refractivity contribution in [1.82, 2.24) is 19.6 Å². The van der Waals surface area contributed by atoms with Crippen molar-refractivity contribution in [1.29, 1.82) is 0 Å². The Hall–Kier alpha value is -5.63. The number of ether oxygens (including phenoxy) is 5. The van der Waals surface area contributed by atoms with E-state index in [0.29, 0.717) is 11.3 Å². The summed E-state index contributed by atoms with van der Waals surface area (Å²) in [5, 5.41) is 9.45. The van der Waals surface area contributed by atoms with Crippen LogP contribution in [-0.4, -0.2) is 80.2 Å². The summed E-state index contributed by atoms with van der Waals surface area (Å²) in [6.07, 6.45) is 0.445. The van der Waals surface area contributed by atoms with E-state index < -0.39 is 54.5 Å². The van der Waals surface area contributed by atoms with Crippen molar-refractivity contribution in [3.8, 4) is 0 Å². The van der Waals surface area contributed by atoms with Gasteiger partial charge in [-0.3, -0.25) is 24.0 Å². The maximum absolute atomic E-state index is 12.7. The highest BCUT2D eigenvalue weighted by Gasteiger charge is 2.53. The molecule has 2 aromatic carbocycles. The zero-order valence-electron chi connectivity index (χ0n) is 26.7. The second kappa shape index (κ2) is 14.9. The van der Waals surface area contributed by atoms with Crippen LogP contribution < -0.4 is 0 Å². The number of benzene rings is 2. The normalized spacial score (nSPS) is 20.7. The minimum Gasteiger partial charge on any atom is -0.463 e. The molecule has 1 aliphatic rings. The van der Waals surface area contributed by atoms with Crippen molar-refractivity contribution in [3.05, 3.63) is 89.9 Å². The second-order valence-electron chi connectivity index (χ2n) is 11.1. The lowest BCUT2D eigenvalue weighted by Crippen LogP contribution is -2.60. The fraction of sp³-hybridized carbons (Fsp3) is 0.324. The monoisotopic (exact) mass is 658 g/mol. The lowest BCUT2D eigenvalue weighted by Gasteiger charge is -2.44. The second-order valence-corrected chi connectivity index (χ2v) is 11.1. The summed E-state index contributed by atoms with van der Waals surface area (Å²) in [6.45, 7) is 4.55. The smallest absolute Gasteiger partial charge is 0.303 e. The molecule has 4 aromatic rings. The van der Waals surface area contributed by atoms with E-state index in [0.717, 1.165) is 37.2 Å². The number of para-hydroxylation sites is 1. The van der Waals surface area contributed by atoms with Gasteiger partial charge in [-0.05, 0) is 18.2 Å². The van der Waals surface area contributed by atoms with Gasteiger partial charge in [-0.15, -0.1) is 5.10 Å². The summed E-state index contributed by atoms with van der Waals surface area (Å²) in [6, 6.07) is 16.7. The number of carbonyl (C=O) groups excluding carboxylic acids is 5. The number of rotatable bonds is 11. The molecule has 0 saturated carbocycles. The SMILES string of the molecule is CC(=O)OC[C@H]1O[C@@H](n2cc(Cn3cc(/C=C/C(=O)c4ccccc4)c4ccccc43)nn2)[C@H](OC(C)=O)[C@@H](OC(C)=O)[C@H]1OC(C)=O. The van der Waals surface area contributed by atoms with Crippen LogP contribution in [0.25, 0.3) is 17.0 Å². The fourth-order valence-electron chi connectivity index (χ4n) is 5.51. The summed E-state index contributed by atoms with van der Waals surface area (Å²) in [5.74, 6) is -2.94. The van der Waals surface area contributed by atoms with Crippen LogP contribution >= 0.6 is 0 Å². The van der Waals surface area contributed by atoms with E-state index in [1.807, 2.05) is 53.2 Å². The average Bonchev–Trinajstić information content (AvgIpc) is 3.65. The van der Waals surface area contributed by atoms with Gasteiger partial charge in [0.25, 0.3) is 0 Å². The molecular weight excluding hydrogens is 624 g/mol. The first-order valence-electron chi connectivity index (χ1n) is 15.1. The molecule has 1 fully saturated rings. The number of ketones is 1. The van der Waals surface area contributed by atoms with Crippen molar-refractivity contribution >= 4 is 46.6 Å². The highest BCUT2D eigenvalue weighted by molar-refractivity contribution is 6.07. The summed E-state index contributed by atoms with van der Waals surface area (Å²) < 4.78 is 31.1. The molecule has 0 radical (unpaired) electrons. The number of carbonyl (C=O) groups is 5. The minimum atomic E-state index is -1.34. The number of aromatic nitrogens is 4. The van der Waals surface area contributed by atoms with E-state index in [-0.39, 0.29) is 18.9 Å². The van der Waals surface area contributed by atoms with Crippen LogP contribution in [0.3, 0.4) is 0 Å². The number of allylic oxidation sites excluding steroid dienone is 1. The quantitative estimate of drug-likeness (QED) is 0.0998. The van der Waals surface area contributed by atoms with Crippen molar-refractivity contribution < 1.29 is 47.7 Å². The number of esters is 4. The van der Waals surface area contributed by atoms with E-state index in [1.54, 1.807) is 24.4 Å². The molecule has 1 saturated heterocycles. The van der Waals surface area contributed by atoms with Gasteiger partial charge in [0.15, 0.2) is 30.3 Å². The first-order valence-corrected chi connectivity index (χ1v) is 15.1. The van der Waals surface area contributed by atoms with E-state index in [1.165, 1.54) is 17.7 Å². The third-order valence-electron chi connectivity index (χ3n) is 7.41. The Bertz CT molecular complexity index is 1850. The van der Waals surface area contributed by atoms with E-state index >= 15 is 0 Å². The maximum atomic E-state index is 12.7. The number of hydrogen-bond acceptors (Lipinski definition) is 12. The average molecular weight is 659 g/mol. The lowest BCUT2D eigenvalue weighted by atomic mass is 9.97. The predicted octanol–water partition coefficient (Wildman–Crippen LogP) is 3.43. The van der Waals surface area contributed by atoms with Gasteiger partial charge in [0.1, 0.15) is 18.4 Å². The molecule has 0 aliphatic carbocycles. The predicted molar refractivity (Wildman–Crippen MR) is 168 cm³/mol. The Kier molecular flexibility index (Phi) is 10.4. The standard InChI is InChI=1S/C34H34N4O10/c1-20(39)44-19-30-31(45-21(2)40)32(46-22(3)41)33(47-23(4)42)34(48-30)38-18-26(35-36-38)17-37-16-25(27-12-8-9-13-28(27)37)14-15-29(43)24-10-6-5-7-11-24/h5-16,18,30-34H,17,19H2,1-4H3/b15-14+/t30-,31+,32+,33-,34-/m1/s1.